The van der Waals surface area contributed by atoms with Crippen LogP contribution in [0.4, 0.5) is 4.39 Å². The van der Waals surface area contributed by atoms with Crippen LogP contribution in [-0.2, 0) is 13.0 Å². The minimum atomic E-state index is -0.196. The van der Waals surface area contributed by atoms with Crippen molar-refractivity contribution in [3.8, 4) is 11.1 Å². The number of halogens is 1. The van der Waals surface area contributed by atoms with Gasteiger partial charge in [-0.25, -0.2) is 4.39 Å². The van der Waals surface area contributed by atoms with Crippen LogP contribution in [-0.4, -0.2) is 0 Å². The molecule has 3 aromatic carbocycles. The topological polar surface area (TPSA) is 12.0 Å². The molecular formula is C23H22FN. The Labute approximate surface area is 148 Å². The molecule has 0 spiro atoms. The Morgan fingerprint density at radius 2 is 1.64 bits per heavy atom. The smallest absolute Gasteiger partial charge is 0.123 e. The SMILES string of the molecule is Fc1ccc(-c2ccccc2CN[C@H]2CCCc3ccccc32)cc1. The standard InChI is InChI=1S/C23H22FN/c24-20-14-12-18(13-15-20)21-9-3-2-7-19(21)16-25-23-11-5-8-17-6-1-4-10-22(17)23/h1-4,6-7,9-10,12-15,23,25H,5,8,11,16H2/t23-/m0/s1. The van der Waals surface area contributed by atoms with E-state index in [4.69, 9.17) is 0 Å². The number of rotatable bonds is 4. The van der Waals surface area contributed by atoms with Gasteiger partial charge >= 0.3 is 0 Å². The van der Waals surface area contributed by atoms with Gasteiger partial charge in [0, 0.05) is 12.6 Å². The lowest BCUT2D eigenvalue weighted by Gasteiger charge is -2.27. The molecule has 0 heterocycles. The van der Waals surface area contributed by atoms with E-state index < -0.39 is 0 Å². The number of benzene rings is 3. The third-order valence-corrected chi connectivity index (χ3v) is 5.08. The quantitative estimate of drug-likeness (QED) is 0.650. The van der Waals surface area contributed by atoms with Crippen molar-refractivity contribution in [2.75, 3.05) is 0 Å². The van der Waals surface area contributed by atoms with Crippen molar-refractivity contribution >= 4 is 0 Å². The lowest BCUT2D eigenvalue weighted by molar-refractivity contribution is 0.459. The van der Waals surface area contributed by atoms with E-state index >= 15 is 0 Å². The molecule has 2 heteroatoms. The average Bonchev–Trinajstić information content (AvgIpc) is 2.67. The van der Waals surface area contributed by atoms with Crippen molar-refractivity contribution in [3.05, 3.63) is 95.3 Å². The Bertz CT molecular complexity index is 854. The molecule has 1 nitrogen and oxygen atoms in total. The fourth-order valence-electron chi connectivity index (χ4n) is 3.78. The van der Waals surface area contributed by atoms with Crippen molar-refractivity contribution in [3.63, 3.8) is 0 Å². The monoisotopic (exact) mass is 331 g/mol. The molecule has 0 aliphatic heterocycles. The van der Waals surface area contributed by atoms with Gasteiger partial charge in [-0.3, -0.25) is 0 Å². The van der Waals surface area contributed by atoms with E-state index in [2.05, 4.69) is 47.8 Å². The lowest BCUT2D eigenvalue weighted by atomic mass is 9.87. The minimum Gasteiger partial charge on any atom is -0.306 e. The van der Waals surface area contributed by atoms with Crippen LogP contribution in [0, 0.1) is 5.82 Å². The van der Waals surface area contributed by atoms with Crippen molar-refractivity contribution in [1.82, 2.24) is 5.32 Å². The Kier molecular flexibility index (Phi) is 4.62. The highest BCUT2D eigenvalue weighted by Gasteiger charge is 2.19. The van der Waals surface area contributed by atoms with Gasteiger partial charge in [-0.05, 0) is 59.2 Å². The maximum Gasteiger partial charge on any atom is 0.123 e. The first-order valence-electron chi connectivity index (χ1n) is 8.96. The summed E-state index contributed by atoms with van der Waals surface area (Å²) in [7, 11) is 0. The van der Waals surface area contributed by atoms with Crippen LogP contribution in [0.1, 0.15) is 35.6 Å². The molecule has 3 aromatic rings. The molecule has 0 aromatic heterocycles. The Hall–Kier alpha value is -2.45. The minimum absolute atomic E-state index is 0.196. The van der Waals surface area contributed by atoms with E-state index in [0.29, 0.717) is 6.04 Å². The predicted molar refractivity (Wildman–Crippen MR) is 101 cm³/mol. The molecular weight excluding hydrogens is 309 g/mol. The zero-order valence-electron chi connectivity index (χ0n) is 14.2. The molecule has 0 bridgehead atoms. The van der Waals surface area contributed by atoms with Crippen molar-refractivity contribution in [2.24, 2.45) is 0 Å². The first-order valence-corrected chi connectivity index (χ1v) is 8.96. The molecule has 0 radical (unpaired) electrons. The normalized spacial score (nSPS) is 16.4. The van der Waals surface area contributed by atoms with Crippen LogP contribution >= 0.6 is 0 Å². The maximum atomic E-state index is 13.2. The highest BCUT2D eigenvalue weighted by atomic mass is 19.1. The number of aryl methyl sites for hydroxylation is 1. The summed E-state index contributed by atoms with van der Waals surface area (Å²) in [5.74, 6) is -0.196. The summed E-state index contributed by atoms with van der Waals surface area (Å²) in [6.07, 6.45) is 3.59. The molecule has 1 aliphatic carbocycles. The van der Waals surface area contributed by atoms with Gasteiger partial charge in [0.2, 0.25) is 0 Å². The summed E-state index contributed by atoms with van der Waals surface area (Å²) in [5.41, 5.74) is 6.38. The number of hydrogen-bond donors (Lipinski definition) is 1. The second kappa shape index (κ2) is 7.20. The predicted octanol–water partition coefficient (Wildman–Crippen LogP) is 5.66. The second-order valence-electron chi connectivity index (χ2n) is 6.69. The first kappa shape index (κ1) is 16.0. The van der Waals surface area contributed by atoms with E-state index in [1.165, 1.54) is 53.6 Å². The number of fused-ring (bicyclic) bond motifs is 1. The van der Waals surface area contributed by atoms with Crippen molar-refractivity contribution in [1.29, 1.82) is 0 Å². The summed E-state index contributed by atoms with van der Waals surface area (Å²) in [5, 5.41) is 3.74. The average molecular weight is 331 g/mol. The van der Waals surface area contributed by atoms with E-state index in [0.717, 1.165) is 12.1 Å². The molecule has 0 saturated heterocycles. The van der Waals surface area contributed by atoms with Gasteiger partial charge in [-0.1, -0.05) is 60.7 Å². The van der Waals surface area contributed by atoms with Crippen LogP contribution < -0.4 is 5.32 Å². The van der Waals surface area contributed by atoms with Gasteiger partial charge in [0.05, 0.1) is 0 Å². The maximum absolute atomic E-state index is 13.2. The third-order valence-electron chi connectivity index (χ3n) is 5.08. The van der Waals surface area contributed by atoms with Gasteiger partial charge in [0.15, 0.2) is 0 Å². The summed E-state index contributed by atoms with van der Waals surface area (Å²) in [6, 6.07) is 24.3. The van der Waals surface area contributed by atoms with Crippen LogP contribution in [0.3, 0.4) is 0 Å². The molecule has 0 saturated carbocycles. The highest BCUT2D eigenvalue weighted by molar-refractivity contribution is 5.67. The van der Waals surface area contributed by atoms with Gasteiger partial charge in [-0.2, -0.15) is 0 Å². The molecule has 1 aliphatic rings. The largest absolute Gasteiger partial charge is 0.306 e. The zero-order valence-corrected chi connectivity index (χ0v) is 14.2. The zero-order chi connectivity index (χ0) is 17.1. The first-order chi connectivity index (χ1) is 12.3. The summed E-state index contributed by atoms with van der Waals surface area (Å²) in [6.45, 7) is 0.812. The summed E-state index contributed by atoms with van der Waals surface area (Å²) >= 11 is 0. The lowest BCUT2D eigenvalue weighted by Crippen LogP contribution is -2.25. The fraction of sp³-hybridized carbons (Fsp3) is 0.217. The number of hydrogen-bond acceptors (Lipinski definition) is 1. The highest BCUT2D eigenvalue weighted by Crippen LogP contribution is 2.30. The van der Waals surface area contributed by atoms with Gasteiger partial charge in [-0.15, -0.1) is 0 Å². The van der Waals surface area contributed by atoms with Gasteiger partial charge in [0.1, 0.15) is 5.82 Å². The van der Waals surface area contributed by atoms with Crippen LogP contribution in [0.2, 0.25) is 0 Å². The molecule has 4 rings (SSSR count). The van der Waals surface area contributed by atoms with E-state index in [1.807, 2.05) is 18.2 Å². The second-order valence-corrected chi connectivity index (χ2v) is 6.69. The summed E-state index contributed by atoms with van der Waals surface area (Å²) < 4.78 is 13.2. The molecule has 1 N–H and O–H groups in total. The van der Waals surface area contributed by atoms with Crippen LogP contribution in [0.5, 0.6) is 0 Å². The number of nitrogens with one attached hydrogen (secondary N) is 1. The summed E-state index contributed by atoms with van der Waals surface area (Å²) in [4.78, 5) is 0. The molecule has 25 heavy (non-hydrogen) atoms. The molecule has 0 amide bonds. The van der Waals surface area contributed by atoms with Gasteiger partial charge in [0.25, 0.3) is 0 Å². The van der Waals surface area contributed by atoms with E-state index in [-0.39, 0.29) is 5.82 Å². The molecule has 1 atom stereocenters. The van der Waals surface area contributed by atoms with Crippen LogP contribution in [0.25, 0.3) is 11.1 Å². The van der Waals surface area contributed by atoms with Gasteiger partial charge < -0.3 is 5.32 Å². The Morgan fingerprint density at radius 3 is 2.52 bits per heavy atom. The van der Waals surface area contributed by atoms with E-state index in [1.54, 1.807) is 0 Å². The van der Waals surface area contributed by atoms with E-state index in [9.17, 15) is 4.39 Å². The van der Waals surface area contributed by atoms with Crippen molar-refractivity contribution < 1.29 is 4.39 Å². The molecule has 0 unspecified atom stereocenters. The fourth-order valence-corrected chi connectivity index (χ4v) is 3.78. The van der Waals surface area contributed by atoms with Crippen LogP contribution in [0.15, 0.2) is 72.8 Å². The molecule has 126 valence electrons. The third kappa shape index (κ3) is 3.49. The molecule has 0 fully saturated rings. The van der Waals surface area contributed by atoms with Crippen molar-refractivity contribution in [2.45, 2.75) is 31.8 Å². The Balaban J connectivity index is 1.56. The Morgan fingerprint density at radius 1 is 0.880 bits per heavy atom.